The summed E-state index contributed by atoms with van der Waals surface area (Å²) in [4.78, 5) is 22.3. The van der Waals surface area contributed by atoms with Crippen LogP contribution >= 0.6 is 11.3 Å². The first kappa shape index (κ1) is 13.7. The summed E-state index contributed by atoms with van der Waals surface area (Å²) in [7, 11) is 1.86. The predicted molar refractivity (Wildman–Crippen MR) is 84.1 cm³/mol. The molecule has 0 saturated carbocycles. The van der Waals surface area contributed by atoms with Crippen molar-refractivity contribution in [3.63, 3.8) is 0 Å². The van der Waals surface area contributed by atoms with Gasteiger partial charge in [-0.2, -0.15) is 0 Å². The molecular weight excluding hydrogens is 298 g/mol. The van der Waals surface area contributed by atoms with Crippen LogP contribution in [0.25, 0.3) is 0 Å². The SMILES string of the molecule is CN1C(=O)c2cccnc2OC2CN(Cc3cccs3)CC21. The lowest BCUT2D eigenvalue weighted by molar-refractivity contribution is 0.0680. The van der Waals surface area contributed by atoms with E-state index in [9.17, 15) is 4.79 Å². The van der Waals surface area contributed by atoms with Gasteiger partial charge in [-0.25, -0.2) is 4.98 Å². The Balaban J connectivity index is 1.58. The van der Waals surface area contributed by atoms with Gasteiger partial charge < -0.3 is 9.64 Å². The van der Waals surface area contributed by atoms with E-state index in [2.05, 4.69) is 27.4 Å². The molecular formula is C16H17N3O2S. The van der Waals surface area contributed by atoms with E-state index in [-0.39, 0.29) is 18.1 Å². The number of likely N-dealkylation sites (tertiary alicyclic amines) is 1. The number of aromatic nitrogens is 1. The second kappa shape index (κ2) is 5.37. The number of rotatable bonds is 2. The van der Waals surface area contributed by atoms with Gasteiger partial charge in [-0.05, 0) is 23.6 Å². The van der Waals surface area contributed by atoms with Gasteiger partial charge >= 0.3 is 0 Å². The summed E-state index contributed by atoms with van der Waals surface area (Å²) < 4.78 is 6.06. The number of carbonyl (C=O) groups is 1. The molecule has 0 bridgehead atoms. The maximum Gasteiger partial charge on any atom is 0.259 e. The van der Waals surface area contributed by atoms with Crippen LogP contribution in [0.15, 0.2) is 35.8 Å². The van der Waals surface area contributed by atoms with Gasteiger partial charge in [-0.3, -0.25) is 9.69 Å². The lowest BCUT2D eigenvalue weighted by Crippen LogP contribution is -2.44. The molecule has 1 saturated heterocycles. The maximum atomic E-state index is 12.6. The van der Waals surface area contributed by atoms with Crippen molar-refractivity contribution in [1.82, 2.24) is 14.8 Å². The van der Waals surface area contributed by atoms with Gasteiger partial charge in [0.25, 0.3) is 5.91 Å². The van der Waals surface area contributed by atoms with Gasteiger partial charge in [-0.15, -0.1) is 11.3 Å². The smallest absolute Gasteiger partial charge is 0.259 e. The van der Waals surface area contributed by atoms with Crippen LogP contribution in [0.4, 0.5) is 0 Å². The highest BCUT2D eigenvalue weighted by Gasteiger charge is 2.42. The van der Waals surface area contributed by atoms with Crippen LogP contribution in [0.1, 0.15) is 15.2 Å². The van der Waals surface area contributed by atoms with Crippen molar-refractivity contribution in [1.29, 1.82) is 0 Å². The zero-order chi connectivity index (χ0) is 15.1. The third-order valence-electron chi connectivity index (χ3n) is 4.35. The summed E-state index contributed by atoms with van der Waals surface area (Å²) >= 11 is 1.76. The van der Waals surface area contributed by atoms with Crippen LogP contribution in [0.3, 0.4) is 0 Å². The highest BCUT2D eigenvalue weighted by molar-refractivity contribution is 7.09. The fraction of sp³-hybridized carbons (Fsp3) is 0.375. The molecule has 1 fully saturated rings. The molecule has 6 heteroatoms. The van der Waals surface area contributed by atoms with E-state index in [1.54, 1.807) is 29.7 Å². The van der Waals surface area contributed by atoms with Crippen molar-refractivity contribution in [3.8, 4) is 5.88 Å². The molecule has 2 aliphatic heterocycles. The molecule has 2 unspecified atom stereocenters. The quantitative estimate of drug-likeness (QED) is 0.849. The Hall–Kier alpha value is -1.92. The molecule has 2 aromatic rings. The summed E-state index contributed by atoms with van der Waals surface area (Å²) in [5.41, 5.74) is 0.559. The Morgan fingerprint density at radius 2 is 2.27 bits per heavy atom. The van der Waals surface area contributed by atoms with Gasteiger partial charge in [0.05, 0.1) is 6.04 Å². The molecule has 4 rings (SSSR count). The topological polar surface area (TPSA) is 45.7 Å². The molecule has 0 N–H and O–H groups in total. The Bertz CT molecular complexity index is 688. The highest BCUT2D eigenvalue weighted by atomic mass is 32.1. The van der Waals surface area contributed by atoms with E-state index in [0.29, 0.717) is 11.4 Å². The zero-order valence-electron chi connectivity index (χ0n) is 12.3. The Labute approximate surface area is 133 Å². The largest absolute Gasteiger partial charge is 0.470 e. The zero-order valence-corrected chi connectivity index (χ0v) is 13.1. The molecule has 0 radical (unpaired) electrons. The summed E-state index contributed by atoms with van der Waals surface area (Å²) in [6, 6.07) is 7.84. The Kier molecular flexibility index (Phi) is 3.35. The van der Waals surface area contributed by atoms with Gasteiger partial charge in [-0.1, -0.05) is 6.07 Å². The van der Waals surface area contributed by atoms with Crippen molar-refractivity contribution in [2.75, 3.05) is 20.1 Å². The minimum atomic E-state index is -0.0231. The fourth-order valence-corrected chi connectivity index (χ4v) is 3.95. The number of thiophene rings is 1. The second-order valence-corrected chi connectivity index (χ2v) is 6.80. The van der Waals surface area contributed by atoms with E-state index < -0.39 is 0 Å². The lowest BCUT2D eigenvalue weighted by atomic mass is 10.2. The molecule has 0 spiro atoms. The number of amides is 1. The van der Waals surface area contributed by atoms with Gasteiger partial charge in [0, 0.05) is 37.8 Å². The number of hydrogen-bond acceptors (Lipinski definition) is 5. The van der Waals surface area contributed by atoms with Crippen molar-refractivity contribution >= 4 is 17.2 Å². The third kappa shape index (κ3) is 2.28. The number of likely N-dealkylation sites (N-methyl/N-ethyl adjacent to an activating group) is 1. The number of ether oxygens (including phenoxy) is 1. The molecule has 22 heavy (non-hydrogen) atoms. The molecule has 1 amide bonds. The first-order chi connectivity index (χ1) is 10.7. The van der Waals surface area contributed by atoms with Crippen LogP contribution in [0.5, 0.6) is 5.88 Å². The summed E-state index contributed by atoms with van der Waals surface area (Å²) in [6.07, 6.45) is 1.65. The van der Waals surface area contributed by atoms with Crippen LogP contribution in [0, 0.1) is 0 Å². The Morgan fingerprint density at radius 1 is 1.36 bits per heavy atom. The van der Waals surface area contributed by atoms with E-state index >= 15 is 0 Å². The average molecular weight is 315 g/mol. The van der Waals surface area contributed by atoms with E-state index in [4.69, 9.17) is 4.74 Å². The molecule has 0 aliphatic carbocycles. The van der Waals surface area contributed by atoms with Crippen LogP contribution in [-0.4, -0.2) is 53.0 Å². The maximum absolute atomic E-state index is 12.6. The summed E-state index contributed by atoms with van der Waals surface area (Å²) in [6.45, 7) is 2.56. The van der Waals surface area contributed by atoms with Crippen molar-refractivity contribution in [2.24, 2.45) is 0 Å². The van der Waals surface area contributed by atoms with Crippen molar-refractivity contribution in [2.45, 2.75) is 18.7 Å². The van der Waals surface area contributed by atoms with Crippen LogP contribution in [0.2, 0.25) is 0 Å². The monoisotopic (exact) mass is 315 g/mol. The minimum Gasteiger partial charge on any atom is -0.470 e. The van der Waals surface area contributed by atoms with Gasteiger partial charge in [0.15, 0.2) is 0 Å². The predicted octanol–water partition coefficient (Wildman–Crippen LogP) is 1.86. The number of fused-ring (bicyclic) bond motifs is 2. The van der Waals surface area contributed by atoms with Crippen molar-refractivity contribution < 1.29 is 9.53 Å². The fourth-order valence-electron chi connectivity index (χ4n) is 3.20. The number of hydrogen-bond donors (Lipinski definition) is 0. The molecule has 5 nitrogen and oxygen atoms in total. The molecule has 4 heterocycles. The standard InChI is InChI=1S/C16H17N3O2S/c1-18-13-9-19(8-11-4-3-7-22-11)10-14(13)21-15-12(16(18)20)5-2-6-17-15/h2-7,13-14H,8-10H2,1H3. The lowest BCUT2D eigenvalue weighted by Gasteiger charge is -2.25. The normalized spacial score (nSPS) is 24.6. The molecule has 2 aromatic heterocycles. The van der Waals surface area contributed by atoms with Crippen LogP contribution in [-0.2, 0) is 6.54 Å². The molecule has 2 aliphatic rings. The highest BCUT2D eigenvalue weighted by Crippen LogP contribution is 2.29. The number of nitrogens with zero attached hydrogens (tertiary/aromatic N) is 3. The first-order valence-electron chi connectivity index (χ1n) is 7.36. The second-order valence-electron chi connectivity index (χ2n) is 5.77. The minimum absolute atomic E-state index is 0.00595. The first-order valence-corrected chi connectivity index (χ1v) is 8.24. The number of carbonyl (C=O) groups excluding carboxylic acids is 1. The number of pyridine rings is 1. The third-order valence-corrected chi connectivity index (χ3v) is 5.22. The molecule has 2 atom stereocenters. The van der Waals surface area contributed by atoms with E-state index in [1.165, 1.54) is 4.88 Å². The molecule has 0 aromatic carbocycles. The van der Waals surface area contributed by atoms with Crippen LogP contribution < -0.4 is 4.74 Å². The van der Waals surface area contributed by atoms with Crippen molar-refractivity contribution in [3.05, 3.63) is 46.3 Å². The van der Waals surface area contributed by atoms with Gasteiger partial charge in [0.1, 0.15) is 11.7 Å². The average Bonchev–Trinajstić information content (AvgIpc) is 3.15. The summed E-state index contributed by atoms with van der Waals surface area (Å²) in [5.74, 6) is 0.457. The Morgan fingerprint density at radius 3 is 3.09 bits per heavy atom. The summed E-state index contributed by atoms with van der Waals surface area (Å²) in [5, 5.41) is 2.09. The van der Waals surface area contributed by atoms with Gasteiger partial charge in [0.2, 0.25) is 5.88 Å². The van der Waals surface area contributed by atoms with E-state index in [0.717, 1.165) is 19.6 Å². The van der Waals surface area contributed by atoms with E-state index in [1.807, 2.05) is 11.9 Å². The molecule has 114 valence electrons.